The standard InChI is InChI=1S/C26H22ClN7O3/c1-14-22(25(36)32-20-12-15(24(28)35)10-11-29-20)23(16-6-2-3-7-17(16)27)34-26(30-14)33-21-13-37-19-9-5-4-8-18(19)31-21/h2-12,23H,13H2,1H3,(H2,28,35)(H,29,32,36)(H2,30,31,33,34). The largest absolute Gasteiger partial charge is 0.484 e. The number of nitrogens with one attached hydrogen (secondary N) is 3. The first-order valence-corrected chi connectivity index (χ1v) is 11.7. The van der Waals surface area contributed by atoms with Crippen LogP contribution >= 0.6 is 11.6 Å². The maximum Gasteiger partial charge on any atom is 0.257 e. The molecule has 0 saturated carbocycles. The van der Waals surface area contributed by atoms with Gasteiger partial charge in [0.15, 0.2) is 0 Å². The molecule has 0 radical (unpaired) electrons. The molecule has 1 atom stereocenters. The molecule has 0 fully saturated rings. The number of aliphatic imine (C=N–C) groups is 2. The molecule has 5 N–H and O–H groups in total. The number of rotatable bonds is 4. The Labute approximate surface area is 217 Å². The number of aromatic nitrogens is 1. The molecule has 10 nitrogen and oxygen atoms in total. The monoisotopic (exact) mass is 515 g/mol. The summed E-state index contributed by atoms with van der Waals surface area (Å²) in [4.78, 5) is 38.4. The Kier molecular flexibility index (Phi) is 6.57. The minimum Gasteiger partial charge on any atom is -0.484 e. The maximum absolute atomic E-state index is 13.4. The number of nitrogens with zero attached hydrogens (tertiary/aromatic N) is 3. The van der Waals surface area contributed by atoms with Crippen molar-refractivity contribution in [3.63, 3.8) is 0 Å². The van der Waals surface area contributed by atoms with Gasteiger partial charge >= 0.3 is 0 Å². The number of guanidine groups is 1. The number of hydrogen-bond donors (Lipinski definition) is 4. The average molecular weight is 516 g/mol. The molecule has 3 heterocycles. The molecule has 0 spiro atoms. The first-order valence-electron chi connectivity index (χ1n) is 11.3. The van der Waals surface area contributed by atoms with Crippen molar-refractivity contribution >= 4 is 46.7 Å². The second-order valence-electron chi connectivity index (χ2n) is 8.26. The van der Waals surface area contributed by atoms with E-state index in [4.69, 9.17) is 27.1 Å². The van der Waals surface area contributed by atoms with Crippen molar-refractivity contribution in [3.8, 4) is 5.75 Å². The van der Waals surface area contributed by atoms with Crippen LogP contribution in [0, 0.1) is 0 Å². The van der Waals surface area contributed by atoms with Gasteiger partial charge in [-0.1, -0.05) is 41.9 Å². The lowest BCUT2D eigenvalue weighted by atomic mass is 9.95. The molecule has 0 bridgehead atoms. The Hall–Kier alpha value is -4.70. The summed E-state index contributed by atoms with van der Waals surface area (Å²) in [6, 6.07) is 16.8. The summed E-state index contributed by atoms with van der Waals surface area (Å²) in [5, 5.41) is 9.52. The van der Waals surface area contributed by atoms with Gasteiger partial charge in [0, 0.05) is 28.0 Å². The van der Waals surface area contributed by atoms with Gasteiger partial charge in [0.2, 0.25) is 11.9 Å². The number of fused-ring (bicyclic) bond motifs is 1. The Balaban J connectivity index is 1.48. The molecule has 2 aliphatic rings. The van der Waals surface area contributed by atoms with Gasteiger partial charge in [-0.05, 0) is 37.3 Å². The maximum atomic E-state index is 13.4. The molecular weight excluding hydrogens is 494 g/mol. The first-order chi connectivity index (χ1) is 17.9. The number of ether oxygens (including phenoxy) is 1. The van der Waals surface area contributed by atoms with Gasteiger partial charge in [-0.2, -0.15) is 4.99 Å². The number of para-hydroxylation sites is 2. The summed E-state index contributed by atoms with van der Waals surface area (Å²) < 4.78 is 5.77. The van der Waals surface area contributed by atoms with Crippen LogP contribution in [0.5, 0.6) is 5.75 Å². The smallest absolute Gasteiger partial charge is 0.257 e. The topological polar surface area (TPSA) is 143 Å². The van der Waals surface area contributed by atoms with E-state index in [0.29, 0.717) is 33.7 Å². The Morgan fingerprint density at radius 1 is 1.14 bits per heavy atom. The van der Waals surface area contributed by atoms with Gasteiger partial charge < -0.3 is 26.4 Å². The average Bonchev–Trinajstić information content (AvgIpc) is 2.88. The summed E-state index contributed by atoms with van der Waals surface area (Å²) in [7, 11) is 0. The molecule has 5 rings (SSSR count). The van der Waals surface area contributed by atoms with Crippen LogP contribution in [0.15, 0.2) is 88.1 Å². The molecule has 37 heavy (non-hydrogen) atoms. The highest BCUT2D eigenvalue weighted by molar-refractivity contribution is 6.31. The number of amides is 2. The van der Waals surface area contributed by atoms with Gasteiger partial charge in [-0.3, -0.25) is 9.59 Å². The molecule has 0 saturated heterocycles. The predicted octanol–water partition coefficient (Wildman–Crippen LogP) is 3.65. The van der Waals surface area contributed by atoms with E-state index < -0.39 is 17.9 Å². The number of carbonyl (C=O) groups is 2. The van der Waals surface area contributed by atoms with Crippen molar-refractivity contribution in [2.24, 2.45) is 15.7 Å². The van der Waals surface area contributed by atoms with Crippen LogP contribution in [0.2, 0.25) is 5.02 Å². The van der Waals surface area contributed by atoms with Gasteiger partial charge in [0.05, 0.1) is 11.3 Å². The van der Waals surface area contributed by atoms with Gasteiger partial charge in [0.25, 0.3) is 5.91 Å². The second-order valence-corrected chi connectivity index (χ2v) is 8.66. The second kappa shape index (κ2) is 10.1. The summed E-state index contributed by atoms with van der Waals surface area (Å²) >= 11 is 6.51. The predicted molar refractivity (Wildman–Crippen MR) is 142 cm³/mol. The van der Waals surface area contributed by atoms with Crippen LogP contribution in [-0.2, 0) is 4.79 Å². The molecule has 1 aromatic heterocycles. The molecule has 0 aliphatic carbocycles. The zero-order valence-corrected chi connectivity index (χ0v) is 20.4. The van der Waals surface area contributed by atoms with Crippen LogP contribution in [0.25, 0.3) is 0 Å². The van der Waals surface area contributed by atoms with Crippen molar-refractivity contribution in [2.75, 3.05) is 17.2 Å². The number of benzene rings is 2. The quantitative estimate of drug-likeness (QED) is 0.417. The van der Waals surface area contributed by atoms with E-state index in [2.05, 4.69) is 25.9 Å². The lowest BCUT2D eigenvalue weighted by molar-refractivity contribution is -0.113. The van der Waals surface area contributed by atoms with Crippen LogP contribution in [-0.4, -0.2) is 35.2 Å². The van der Waals surface area contributed by atoms with E-state index in [1.54, 1.807) is 25.1 Å². The van der Waals surface area contributed by atoms with Crippen LogP contribution in [0.3, 0.4) is 0 Å². The molecule has 11 heteroatoms. The lowest BCUT2D eigenvalue weighted by Gasteiger charge is -2.26. The van der Waals surface area contributed by atoms with Gasteiger partial charge in [0.1, 0.15) is 30.1 Å². The molecule has 2 aromatic carbocycles. The zero-order valence-electron chi connectivity index (χ0n) is 19.7. The van der Waals surface area contributed by atoms with Crippen molar-refractivity contribution in [3.05, 3.63) is 94.3 Å². The van der Waals surface area contributed by atoms with Crippen LogP contribution in [0.1, 0.15) is 28.9 Å². The summed E-state index contributed by atoms with van der Waals surface area (Å²) in [6.45, 7) is 1.98. The number of amidine groups is 1. The number of halogens is 1. The minimum atomic E-state index is -0.759. The van der Waals surface area contributed by atoms with Crippen molar-refractivity contribution in [2.45, 2.75) is 13.0 Å². The molecular formula is C26H22ClN7O3. The van der Waals surface area contributed by atoms with Crippen LogP contribution in [0.4, 0.5) is 11.5 Å². The highest BCUT2D eigenvalue weighted by Gasteiger charge is 2.31. The summed E-state index contributed by atoms with van der Waals surface area (Å²) in [5.74, 6) is 0.662. The van der Waals surface area contributed by atoms with E-state index in [1.807, 2.05) is 30.3 Å². The Morgan fingerprint density at radius 2 is 1.92 bits per heavy atom. The molecule has 2 amide bonds. The third kappa shape index (κ3) is 5.14. The SMILES string of the molecule is CC1=C(C(=O)Nc2cc(C(N)=O)ccn2)C(c2ccccc2Cl)N=C(N=C2COc3ccccc3N2)N1. The molecule has 2 aliphatic heterocycles. The molecule has 3 aromatic rings. The number of pyridine rings is 1. The first kappa shape index (κ1) is 24.0. The fourth-order valence-corrected chi connectivity index (χ4v) is 4.23. The van der Waals surface area contributed by atoms with Crippen molar-refractivity contribution < 1.29 is 14.3 Å². The summed E-state index contributed by atoms with van der Waals surface area (Å²) in [5.41, 5.74) is 7.85. The number of primary amides is 1. The van der Waals surface area contributed by atoms with E-state index in [0.717, 1.165) is 11.4 Å². The third-order valence-corrected chi connectivity index (χ3v) is 6.07. The highest BCUT2D eigenvalue weighted by atomic mass is 35.5. The van der Waals surface area contributed by atoms with Crippen molar-refractivity contribution in [1.29, 1.82) is 0 Å². The minimum absolute atomic E-state index is 0.178. The third-order valence-electron chi connectivity index (χ3n) is 5.73. The number of hydrogen-bond acceptors (Lipinski definition) is 7. The summed E-state index contributed by atoms with van der Waals surface area (Å²) in [6.07, 6.45) is 1.39. The number of anilines is 2. The van der Waals surface area contributed by atoms with Crippen molar-refractivity contribution in [1.82, 2.24) is 10.3 Å². The number of nitrogens with two attached hydrogens (primary N) is 1. The normalized spacial score (nSPS) is 17.6. The Morgan fingerprint density at radius 3 is 2.73 bits per heavy atom. The van der Waals surface area contributed by atoms with E-state index in [9.17, 15) is 9.59 Å². The van der Waals surface area contributed by atoms with Crippen LogP contribution < -0.4 is 26.4 Å². The van der Waals surface area contributed by atoms with E-state index >= 15 is 0 Å². The van der Waals surface area contributed by atoms with E-state index in [-0.39, 0.29) is 18.0 Å². The Bertz CT molecular complexity index is 1500. The fourth-order valence-electron chi connectivity index (χ4n) is 3.99. The molecule has 186 valence electrons. The lowest BCUT2D eigenvalue weighted by Crippen LogP contribution is -2.35. The number of allylic oxidation sites excluding steroid dienone is 1. The van der Waals surface area contributed by atoms with E-state index in [1.165, 1.54) is 18.3 Å². The number of carbonyl (C=O) groups excluding carboxylic acids is 2. The van der Waals surface area contributed by atoms with Gasteiger partial charge in [-0.15, -0.1) is 0 Å². The zero-order chi connectivity index (χ0) is 25.9. The molecule has 1 unspecified atom stereocenters. The van der Waals surface area contributed by atoms with Gasteiger partial charge in [-0.25, -0.2) is 9.98 Å². The highest BCUT2D eigenvalue weighted by Crippen LogP contribution is 2.35. The fraction of sp³-hybridized carbons (Fsp3) is 0.115.